The number of fused-ring (bicyclic) bond motifs is 1. The summed E-state index contributed by atoms with van der Waals surface area (Å²) in [5, 5.41) is 8.43. The molecule has 0 N–H and O–H groups in total. The van der Waals surface area contributed by atoms with Gasteiger partial charge < -0.3 is 18.9 Å². The molecule has 31 heavy (non-hydrogen) atoms. The number of imidazole rings is 1. The molecule has 9 heteroatoms. The molecule has 1 aromatic carbocycles. The molecule has 9 nitrogen and oxygen atoms in total. The van der Waals surface area contributed by atoms with Gasteiger partial charge >= 0.3 is 0 Å². The van der Waals surface area contributed by atoms with E-state index in [2.05, 4.69) is 29.1 Å². The van der Waals surface area contributed by atoms with Crippen LogP contribution in [-0.2, 0) is 16.2 Å². The number of piperidine rings is 1. The van der Waals surface area contributed by atoms with Crippen molar-refractivity contribution >= 4 is 16.9 Å². The Balaban J connectivity index is 1.37. The van der Waals surface area contributed by atoms with Crippen molar-refractivity contribution in [1.29, 1.82) is 0 Å². The van der Waals surface area contributed by atoms with Gasteiger partial charge in [-0.15, -0.1) is 5.10 Å². The molecule has 0 aliphatic carbocycles. The van der Waals surface area contributed by atoms with E-state index in [0.29, 0.717) is 44.5 Å². The van der Waals surface area contributed by atoms with Crippen LogP contribution in [0, 0.1) is 0 Å². The number of nitrogens with zero attached hydrogens (tertiary/aromatic N) is 6. The zero-order valence-corrected chi connectivity index (χ0v) is 18.4. The lowest BCUT2D eigenvalue weighted by molar-refractivity contribution is 0.0318. The van der Waals surface area contributed by atoms with Gasteiger partial charge in [-0.2, -0.15) is 0 Å². The summed E-state index contributed by atoms with van der Waals surface area (Å²) in [6.07, 6.45) is 5.52. The second-order valence-electron chi connectivity index (χ2n) is 8.18. The molecular weight excluding hydrogens is 396 g/mol. The Labute approximate surface area is 181 Å². The number of rotatable bonds is 8. The summed E-state index contributed by atoms with van der Waals surface area (Å²) in [7, 11) is 1.66. The van der Waals surface area contributed by atoms with Crippen molar-refractivity contribution in [1.82, 2.24) is 29.4 Å². The third-order valence-electron chi connectivity index (χ3n) is 5.76. The highest BCUT2D eigenvalue weighted by molar-refractivity contribution is 5.97. The zero-order valence-electron chi connectivity index (χ0n) is 18.4. The molecule has 1 aliphatic rings. The van der Waals surface area contributed by atoms with Crippen molar-refractivity contribution in [3.05, 3.63) is 42.0 Å². The van der Waals surface area contributed by atoms with Crippen molar-refractivity contribution in [3.63, 3.8) is 0 Å². The van der Waals surface area contributed by atoms with Crippen LogP contribution < -0.4 is 0 Å². The van der Waals surface area contributed by atoms with Gasteiger partial charge in [0.15, 0.2) is 0 Å². The maximum Gasteiger partial charge on any atom is 0.253 e. The van der Waals surface area contributed by atoms with E-state index in [4.69, 9.17) is 9.47 Å². The van der Waals surface area contributed by atoms with E-state index in [1.807, 2.05) is 44.7 Å². The first-order valence-electron chi connectivity index (χ1n) is 10.8. The number of likely N-dealkylation sites (tertiary alicyclic amines) is 1. The smallest absolute Gasteiger partial charge is 0.253 e. The number of hydrogen-bond acceptors (Lipinski definition) is 6. The van der Waals surface area contributed by atoms with Gasteiger partial charge in [-0.3, -0.25) is 4.79 Å². The summed E-state index contributed by atoms with van der Waals surface area (Å²) < 4.78 is 14.6. The third-order valence-corrected chi connectivity index (χ3v) is 5.76. The molecule has 166 valence electrons. The van der Waals surface area contributed by atoms with E-state index in [0.717, 1.165) is 29.7 Å². The number of methoxy groups -OCH3 is 1. The minimum atomic E-state index is 0.0469. The van der Waals surface area contributed by atoms with Crippen LogP contribution in [0.3, 0.4) is 0 Å². The van der Waals surface area contributed by atoms with Crippen LogP contribution in [0.15, 0.2) is 30.6 Å². The molecule has 1 amide bonds. The summed E-state index contributed by atoms with van der Waals surface area (Å²) in [6.45, 7) is 7.13. The standard InChI is InChI=1S/C22H30N6O3/c1-16(2)28-20-5-4-18(14-19(20)24-25-28)22(29)26-9-6-17(7-10-26)21-23-8-11-27(21)15-31-13-12-30-3/h4-5,8,11,14,16-17H,6-7,9-10,12-13,15H2,1-3H3. The summed E-state index contributed by atoms with van der Waals surface area (Å²) >= 11 is 0. The minimum Gasteiger partial charge on any atom is -0.382 e. The van der Waals surface area contributed by atoms with Gasteiger partial charge in [-0.05, 0) is 44.9 Å². The SMILES string of the molecule is COCCOCn1ccnc1C1CCN(C(=O)c2ccc3c(c2)nnn3C(C)C)CC1. The fourth-order valence-electron chi connectivity index (χ4n) is 4.07. The normalized spacial score (nSPS) is 15.3. The molecule has 4 rings (SSSR count). The number of ether oxygens (including phenoxy) is 2. The van der Waals surface area contributed by atoms with Crippen molar-refractivity contribution in [2.75, 3.05) is 33.4 Å². The van der Waals surface area contributed by atoms with E-state index in [1.54, 1.807) is 7.11 Å². The van der Waals surface area contributed by atoms with E-state index in [9.17, 15) is 4.79 Å². The number of carbonyl (C=O) groups is 1. The van der Waals surface area contributed by atoms with Crippen LogP contribution >= 0.6 is 0 Å². The molecule has 0 spiro atoms. The average Bonchev–Trinajstić information content (AvgIpc) is 3.43. The summed E-state index contributed by atoms with van der Waals surface area (Å²) in [6, 6.07) is 5.89. The predicted octanol–water partition coefficient (Wildman–Crippen LogP) is 2.85. The lowest BCUT2D eigenvalue weighted by atomic mass is 9.95. The Bertz CT molecular complexity index is 1020. The highest BCUT2D eigenvalue weighted by Crippen LogP contribution is 2.28. The fraction of sp³-hybridized carbons (Fsp3) is 0.545. The summed E-state index contributed by atoms with van der Waals surface area (Å²) in [5.41, 5.74) is 2.37. The van der Waals surface area contributed by atoms with E-state index in [-0.39, 0.29) is 11.9 Å². The molecule has 0 atom stereocenters. The summed E-state index contributed by atoms with van der Waals surface area (Å²) in [4.78, 5) is 19.5. The second-order valence-corrected chi connectivity index (χ2v) is 8.18. The molecule has 0 unspecified atom stereocenters. The largest absolute Gasteiger partial charge is 0.382 e. The Morgan fingerprint density at radius 2 is 2.03 bits per heavy atom. The van der Waals surface area contributed by atoms with Gasteiger partial charge in [-0.1, -0.05) is 5.21 Å². The first kappa shape index (κ1) is 21.5. The van der Waals surface area contributed by atoms with E-state index >= 15 is 0 Å². The zero-order chi connectivity index (χ0) is 21.8. The van der Waals surface area contributed by atoms with Gasteiger partial charge in [0, 0.05) is 50.1 Å². The number of benzene rings is 1. The van der Waals surface area contributed by atoms with Crippen LogP contribution in [0.5, 0.6) is 0 Å². The Morgan fingerprint density at radius 3 is 2.77 bits per heavy atom. The molecule has 0 radical (unpaired) electrons. The molecule has 0 bridgehead atoms. The van der Waals surface area contributed by atoms with Crippen LogP contribution in [0.1, 0.15) is 54.8 Å². The number of aromatic nitrogens is 5. The fourth-order valence-corrected chi connectivity index (χ4v) is 4.07. The molecule has 3 aromatic rings. The van der Waals surface area contributed by atoms with Gasteiger partial charge in [0.2, 0.25) is 0 Å². The van der Waals surface area contributed by atoms with Crippen LogP contribution in [0.4, 0.5) is 0 Å². The Morgan fingerprint density at radius 1 is 1.23 bits per heavy atom. The lowest BCUT2D eigenvalue weighted by Crippen LogP contribution is -2.38. The Hall–Kier alpha value is -2.78. The predicted molar refractivity (Wildman–Crippen MR) is 116 cm³/mol. The molecule has 2 aromatic heterocycles. The van der Waals surface area contributed by atoms with Crippen molar-refractivity contribution < 1.29 is 14.3 Å². The van der Waals surface area contributed by atoms with Crippen LogP contribution in [0.2, 0.25) is 0 Å². The number of hydrogen-bond donors (Lipinski definition) is 0. The van der Waals surface area contributed by atoms with E-state index < -0.39 is 0 Å². The highest BCUT2D eigenvalue weighted by atomic mass is 16.5. The van der Waals surface area contributed by atoms with Crippen LogP contribution in [-0.4, -0.2) is 68.8 Å². The first-order chi connectivity index (χ1) is 15.1. The number of amides is 1. The highest BCUT2D eigenvalue weighted by Gasteiger charge is 2.27. The van der Waals surface area contributed by atoms with E-state index in [1.165, 1.54) is 0 Å². The van der Waals surface area contributed by atoms with Crippen molar-refractivity contribution in [2.45, 2.75) is 45.4 Å². The molecule has 1 fully saturated rings. The molecule has 3 heterocycles. The molecule has 1 saturated heterocycles. The second kappa shape index (κ2) is 9.57. The monoisotopic (exact) mass is 426 g/mol. The topological polar surface area (TPSA) is 87.3 Å². The quantitative estimate of drug-likeness (QED) is 0.515. The molecule has 0 saturated carbocycles. The van der Waals surface area contributed by atoms with Gasteiger partial charge in [-0.25, -0.2) is 9.67 Å². The molecule has 1 aliphatic heterocycles. The molecular formula is C22H30N6O3. The Kier molecular flexibility index (Phi) is 6.62. The third kappa shape index (κ3) is 4.62. The maximum absolute atomic E-state index is 13.1. The van der Waals surface area contributed by atoms with Crippen molar-refractivity contribution in [3.8, 4) is 0 Å². The minimum absolute atomic E-state index is 0.0469. The average molecular weight is 427 g/mol. The number of carbonyl (C=O) groups excluding carboxylic acids is 1. The first-order valence-corrected chi connectivity index (χ1v) is 10.8. The van der Waals surface area contributed by atoms with Crippen LogP contribution in [0.25, 0.3) is 11.0 Å². The van der Waals surface area contributed by atoms with Gasteiger partial charge in [0.25, 0.3) is 5.91 Å². The van der Waals surface area contributed by atoms with Crippen molar-refractivity contribution in [2.24, 2.45) is 0 Å². The lowest BCUT2D eigenvalue weighted by Gasteiger charge is -2.32. The van der Waals surface area contributed by atoms with Gasteiger partial charge in [0.05, 0.1) is 18.7 Å². The van der Waals surface area contributed by atoms with Gasteiger partial charge in [0.1, 0.15) is 18.1 Å². The summed E-state index contributed by atoms with van der Waals surface area (Å²) in [5.74, 6) is 1.39. The maximum atomic E-state index is 13.1.